The number of rotatable bonds is 50. The third kappa shape index (κ3) is 41.9. The maximum atomic E-state index is 12.9. The van der Waals surface area contributed by atoms with Crippen molar-refractivity contribution in [1.29, 1.82) is 0 Å². The van der Waals surface area contributed by atoms with Gasteiger partial charge in [-0.25, -0.2) is 0 Å². The second-order valence-corrected chi connectivity index (χ2v) is 17.5. The summed E-state index contributed by atoms with van der Waals surface area (Å²) in [6.07, 6.45) is 8.93. The fourth-order valence-electron chi connectivity index (χ4n) is 6.94. The van der Waals surface area contributed by atoms with Crippen molar-refractivity contribution in [3.8, 4) is 0 Å². The average Bonchev–Trinajstić information content (AvgIpc) is 3.34. The molecule has 0 fully saturated rings. The lowest BCUT2D eigenvalue weighted by molar-refractivity contribution is -0.128. The molecule has 0 radical (unpaired) electrons. The van der Waals surface area contributed by atoms with Gasteiger partial charge in [-0.05, 0) is 72.3 Å². The van der Waals surface area contributed by atoms with Gasteiger partial charge in [-0.3, -0.25) is 38.4 Å². The first-order chi connectivity index (χ1) is 35.1. The predicted molar refractivity (Wildman–Crippen MR) is 273 cm³/mol. The van der Waals surface area contributed by atoms with Crippen LogP contribution in [-0.4, -0.2) is 193 Å². The van der Waals surface area contributed by atoms with Gasteiger partial charge in [0, 0.05) is 95.8 Å². The van der Waals surface area contributed by atoms with Crippen molar-refractivity contribution in [2.45, 2.75) is 141 Å². The number of ketones is 2. The SMILES string of the molecule is CCCC(=O)[C@H](CCCCNC(=O)CCCC(=O)NCCOCCOCC(=O)NCCOCCOCC(=O)NCCCC[C@H](NC)C(N)=O)CC(=O)CCCC(=O)NC(CNC(C)/C=N\O)CNC(C)/C=N\O. The lowest BCUT2D eigenvalue weighted by Crippen LogP contribution is -2.51. The summed E-state index contributed by atoms with van der Waals surface area (Å²) in [6, 6.07) is -1.22. The summed E-state index contributed by atoms with van der Waals surface area (Å²) in [5, 5.41) is 46.6. The first-order valence-corrected chi connectivity index (χ1v) is 25.6. The number of amides is 6. The summed E-state index contributed by atoms with van der Waals surface area (Å²) in [6.45, 7) is 8.76. The molecule has 4 atom stereocenters. The number of carbonyl (C=O) groups is 8. The summed E-state index contributed by atoms with van der Waals surface area (Å²) in [5.41, 5.74) is 5.28. The average molecular weight is 1040 g/mol. The predicted octanol–water partition coefficient (Wildman–Crippen LogP) is -0.422. The Morgan fingerprint density at radius 3 is 1.53 bits per heavy atom. The molecule has 6 amide bonds. The summed E-state index contributed by atoms with van der Waals surface area (Å²) >= 11 is 0. The van der Waals surface area contributed by atoms with Crippen LogP contribution in [0.4, 0.5) is 0 Å². The van der Waals surface area contributed by atoms with E-state index in [2.05, 4.69) is 52.8 Å². The Bertz CT molecular complexity index is 1590. The highest BCUT2D eigenvalue weighted by Gasteiger charge is 2.22. The van der Waals surface area contributed by atoms with Crippen molar-refractivity contribution in [2.75, 3.05) is 99.2 Å². The molecule has 2 unspecified atom stereocenters. The van der Waals surface area contributed by atoms with Crippen LogP contribution in [0, 0.1) is 5.92 Å². The molecule has 0 aromatic rings. The van der Waals surface area contributed by atoms with Gasteiger partial charge in [-0.1, -0.05) is 13.3 Å². The van der Waals surface area contributed by atoms with E-state index in [-0.39, 0.29) is 163 Å². The Morgan fingerprint density at radius 1 is 0.562 bits per heavy atom. The van der Waals surface area contributed by atoms with Gasteiger partial charge in [0.2, 0.25) is 35.4 Å². The highest BCUT2D eigenvalue weighted by Crippen LogP contribution is 2.19. The molecular weight excluding hydrogens is 955 g/mol. The minimum Gasteiger partial charge on any atom is -0.411 e. The smallest absolute Gasteiger partial charge is 0.246 e. The van der Waals surface area contributed by atoms with Gasteiger partial charge in [0.1, 0.15) is 24.8 Å². The largest absolute Gasteiger partial charge is 0.411 e. The number of oxime groups is 2. The van der Waals surface area contributed by atoms with E-state index < -0.39 is 11.8 Å². The van der Waals surface area contributed by atoms with E-state index in [1.807, 2.05) is 6.92 Å². The van der Waals surface area contributed by atoms with Crippen molar-refractivity contribution in [1.82, 2.24) is 42.5 Å². The van der Waals surface area contributed by atoms with Gasteiger partial charge in [-0.15, -0.1) is 10.3 Å². The number of primary amides is 1. The van der Waals surface area contributed by atoms with Crippen molar-refractivity contribution >= 4 is 59.4 Å². The van der Waals surface area contributed by atoms with Gasteiger partial charge in [-0.2, -0.15) is 0 Å². The zero-order chi connectivity index (χ0) is 54.3. The highest BCUT2D eigenvalue weighted by atomic mass is 16.5. The molecule has 12 N–H and O–H groups in total. The second kappa shape index (κ2) is 46.6. The fraction of sp³-hybridized carbons (Fsp3) is 0.792. The molecule has 25 nitrogen and oxygen atoms in total. The number of nitrogens with two attached hydrogens (primary N) is 1. The zero-order valence-corrected chi connectivity index (χ0v) is 43.8. The molecule has 0 aromatic heterocycles. The van der Waals surface area contributed by atoms with Gasteiger partial charge in [0.05, 0.1) is 64.2 Å². The Morgan fingerprint density at radius 2 is 1.03 bits per heavy atom. The molecule has 0 aliphatic rings. The van der Waals surface area contributed by atoms with E-state index in [9.17, 15) is 38.4 Å². The maximum absolute atomic E-state index is 12.9. The molecule has 0 aliphatic heterocycles. The minimum atomic E-state index is -0.422. The van der Waals surface area contributed by atoms with Crippen LogP contribution in [0.15, 0.2) is 10.3 Å². The van der Waals surface area contributed by atoms with Crippen molar-refractivity contribution in [3.63, 3.8) is 0 Å². The first kappa shape index (κ1) is 67.8. The fourth-order valence-corrected chi connectivity index (χ4v) is 6.94. The number of carbonyl (C=O) groups excluding carboxylic acids is 8. The van der Waals surface area contributed by atoms with E-state index in [1.165, 1.54) is 12.4 Å². The summed E-state index contributed by atoms with van der Waals surface area (Å²) in [5.74, 6) is -2.07. The number of likely N-dealkylation sites (N-methyl/N-ethyl adjacent to an activating group) is 1. The van der Waals surface area contributed by atoms with Crippen LogP contribution in [0.5, 0.6) is 0 Å². The lowest BCUT2D eigenvalue weighted by atomic mass is 9.89. The summed E-state index contributed by atoms with van der Waals surface area (Å²) in [4.78, 5) is 98.1. The Labute approximate surface area is 431 Å². The minimum absolute atomic E-state index is 0.0341. The van der Waals surface area contributed by atoms with Crippen molar-refractivity contribution in [3.05, 3.63) is 0 Å². The third-order valence-electron chi connectivity index (χ3n) is 11.0. The standard InChI is InChI=1S/C48H89N11O14/c1-5-12-42(61)38(29-40(60)14-10-18-45(64)59-39(32-55-36(2)30-57-68)33-56-37(3)31-58-69)13-6-8-19-51-43(62)16-11-17-44(63)53-21-23-70-25-28-73-35-47(66)54-22-24-71-26-27-72-34-46(65)52-20-9-7-15-41(50-4)48(49)67/h30-31,36-39,41,50,55-56,68-69H,5-29,32-35H2,1-4H3,(H2,49,67)(H,51,62)(H,52,65)(H,53,63)(H,54,66)(H,59,64)/b57-30-,58-31-/t36?,37?,38-,39?,41+/m1/s1. The maximum Gasteiger partial charge on any atom is 0.246 e. The topological polar surface area (TPSA) is 361 Å². The molecule has 0 rings (SSSR count). The Hall–Kier alpha value is -5.18. The van der Waals surface area contributed by atoms with Crippen LogP contribution < -0.4 is 48.3 Å². The van der Waals surface area contributed by atoms with E-state index in [0.29, 0.717) is 84.0 Å². The van der Waals surface area contributed by atoms with E-state index >= 15 is 0 Å². The van der Waals surface area contributed by atoms with Crippen LogP contribution in [0.25, 0.3) is 0 Å². The van der Waals surface area contributed by atoms with E-state index in [1.54, 1.807) is 20.9 Å². The van der Waals surface area contributed by atoms with Gasteiger partial charge in [0.15, 0.2) is 0 Å². The molecule has 0 saturated heterocycles. The van der Waals surface area contributed by atoms with Crippen LogP contribution in [0.1, 0.15) is 117 Å². The molecule has 420 valence electrons. The molecule has 0 saturated carbocycles. The van der Waals surface area contributed by atoms with Crippen LogP contribution >= 0.6 is 0 Å². The van der Waals surface area contributed by atoms with Gasteiger partial charge in [0.25, 0.3) is 0 Å². The molecule has 0 spiro atoms. The summed E-state index contributed by atoms with van der Waals surface area (Å²) in [7, 11) is 1.67. The number of nitrogens with one attached hydrogen (secondary N) is 8. The molecule has 0 heterocycles. The van der Waals surface area contributed by atoms with Crippen LogP contribution in [-0.2, 0) is 57.3 Å². The molecule has 73 heavy (non-hydrogen) atoms. The number of unbranched alkanes of at least 4 members (excludes halogenated alkanes) is 2. The number of hydrogen-bond acceptors (Lipinski definition) is 19. The first-order valence-electron chi connectivity index (χ1n) is 25.6. The number of nitrogens with zero attached hydrogens (tertiary/aromatic N) is 2. The summed E-state index contributed by atoms with van der Waals surface area (Å²) < 4.78 is 21.4. The number of hydrogen-bond donors (Lipinski definition) is 11. The Balaban J connectivity index is 4.06. The highest BCUT2D eigenvalue weighted by molar-refractivity contribution is 5.88. The molecule has 0 bridgehead atoms. The van der Waals surface area contributed by atoms with Crippen molar-refractivity contribution in [2.24, 2.45) is 22.0 Å². The van der Waals surface area contributed by atoms with Gasteiger partial charge >= 0.3 is 0 Å². The monoisotopic (exact) mass is 1040 g/mol. The number of Topliss-reactive ketones (excluding diaryl/α,β-unsaturated/α-hetero) is 2. The molecule has 0 aliphatic carbocycles. The molecule has 0 aromatic carbocycles. The van der Waals surface area contributed by atoms with Gasteiger partial charge < -0.3 is 77.6 Å². The van der Waals surface area contributed by atoms with Crippen LogP contribution in [0.3, 0.4) is 0 Å². The second-order valence-electron chi connectivity index (χ2n) is 17.5. The normalized spacial score (nSPS) is 13.5. The third-order valence-corrected chi connectivity index (χ3v) is 11.0. The molecule has 25 heteroatoms. The quantitative estimate of drug-likeness (QED) is 0.0159. The lowest BCUT2D eigenvalue weighted by Gasteiger charge is -2.22. The van der Waals surface area contributed by atoms with Crippen LogP contribution in [0.2, 0.25) is 0 Å². The van der Waals surface area contributed by atoms with E-state index in [0.717, 1.165) is 6.42 Å². The van der Waals surface area contributed by atoms with Crippen molar-refractivity contribution < 1.29 is 67.7 Å². The Kier molecular flexibility index (Phi) is 43.3. The number of ether oxygens (including phenoxy) is 4. The van der Waals surface area contributed by atoms with E-state index in [4.69, 9.17) is 35.1 Å². The zero-order valence-electron chi connectivity index (χ0n) is 43.8. The molecular formula is C48H89N11O14.